The van der Waals surface area contributed by atoms with Crippen molar-refractivity contribution in [1.29, 1.82) is 0 Å². The van der Waals surface area contributed by atoms with Crippen molar-refractivity contribution in [3.05, 3.63) is 53.0 Å². The summed E-state index contributed by atoms with van der Waals surface area (Å²) in [5, 5.41) is 3.82. The van der Waals surface area contributed by atoms with E-state index in [0.29, 0.717) is 18.1 Å². The van der Waals surface area contributed by atoms with Gasteiger partial charge in [0.05, 0.1) is 6.33 Å². The third-order valence-corrected chi connectivity index (χ3v) is 4.87. The Morgan fingerprint density at radius 2 is 2.14 bits per heavy atom. The minimum absolute atomic E-state index is 0.486. The number of benzene rings is 1. The second-order valence-corrected chi connectivity index (χ2v) is 6.93. The van der Waals surface area contributed by atoms with Gasteiger partial charge in [-0.3, -0.25) is 0 Å². The number of imidazole rings is 1. The van der Waals surface area contributed by atoms with Gasteiger partial charge in [-0.1, -0.05) is 28.1 Å². The van der Waals surface area contributed by atoms with E-state index >= 15 is 0 Å². The molecule has 0 saturated heterocycles. The first-order valence-electron chi connectivity index (χ1n) is 7.70. The second-order valence-electron chi connectivity index (χ2n) is 6.01. The summed E-state index contributed by atoms with van der Waals surface area (Å²) >= 11 is 3.49. The summed E-state index contributed by atoms with van der Waals surface area (Å²) < 4.78 is 3.40. The van der Waals surface area contributed by atoms with Crippen LogP contribution in [0.1, 0.15) is 37.8 Å². The Morgan fingerprint density at radius 1 is 1.33 bits per heavy atom. The van der Waals surface area contributed by atoms with E-state index in [9.17, 15) is 0 Å². The predicted molar refractivity (Wildman–Crippen MR) is 89.3 cm³/mol. The molecule has 21 heavy (non-hydrogen) atoms. The minimum atomic E-state index is 0.486. The Morgan fingerprint density at radius 3 is 2.86 bits per heavy atom. The quantitative estimate of drug-likeness (QED) is 0.886. The van der Waals surface area contributed by atoms with Crippen molar-refractivity contribution in [2.24, 2.45) is 0 Å². The van der Waals surface area contributed by atoms with Gasteiger partial charge in [-0.05, 0) is 50.3 Å². The lowest BCUT2D eigenvalue weighted by atomic mass is 10.0. The number of rotatable bonds is 5. The Bertz CT molecular complexity index is 550. The van der Waals surface area contributed by atoms with E-state index in [0.717, 1.165) is 10.9 Å². The zero-order chi connectivity index (χ0) is 14.7. The Kier molecular flexibility index (Phi) is 4.76. The van der Waals surface area contributed by atoms with E-state index in [2.05, 4.69) is 68.2 Å². The fourth-order valence-electron chi connectivity index (χ4n) is 3.36. The van der Waals surface area contributed by atoms with Gasteiger partial charge < -0.3 is 9.88 Å². The zero-order valence-electron chi connectivity index (χ0n) is 12.4. The van der Waals surface area contributed by atoms with Gasteiger partial charge in [0.25, 0.3) is 0 Å². The van der Waals surface area contributed by atoms with Crippen LogP contribution in [0.5, 0.6) is 0 Å². The summed E-state index contributed by atoms with van der Waals surface area (Å²) in [6.45, 7) is 2.28. The van der Waals surface area contributed by atoms with Gasteiger partial charge in [0.1, 0.15) is 0 Å². The molecule has 1 aromatic heterocycles. The molecule has 3 unspecified atom stereocenters. The number of aromatic nitrogens is 2. The minimum Gasteiger partial charge on any atom is -0.333 e. The molecule has 0 aliphatic heterocycles. The molecule has 1 fully saturated rings. The fourth-order valence-corrected chi connectivity index (χ4v) is 3.62. The molecule has 1 N–H and O–H groups in total. The second kappa shape index (κ2) is 6.75. The molecule has 1 aliphatic carbocycles. The maximum Gasteiger partial charge on any atom is 0.0949 e. The molecule has 0 radical (unpaired) electrons. The van der Waals surface area contributed by atoms with Gasteiger partial charge in [-0.25, -0.2) is 4.98 Å². The lowest BCUT2D eigenvalue weighted by molar-refractivity contribution is 0.358. The number of nitrogens with zero attached hydrogens (tertiary/aromatic N) is 2. The molecule has 2 aromatic rings. The summed E-state index contributed by atoms with van der Waals surface area (Å²) in [5.41, 5.74) is 1.38. The number of hydrogen-bond donors (Lipinski definition) is 1. The highest BCUT2D eigenvalue weighted by Gasteiger charge is 2.29. The first kappa shape index (κ1) is 14.8. The predicted octanol–water partition coefficient (Wildman–Crippen LogP) is 3.96. The molecule has 112 valence electrons. The van der Waals surface area contributed by atoms with Crippen molar-refractivity contribution in [1.82, 2.24) is 14.9 Å². The Hall–Kier alpha value is -1.13. The fraction of sp³-hybridized carbons (Fsp3) is 0.471. The van der Waals surface area contributed by atoms with E-state index < -0.39 is 0 Å². The van der Waals surface area contributed by atoms with Crippen LogP contribution in [0.25, 0.3) is 0 Å². The smallest absolute Gasteiger partial charge is 0.0949 e. The van der Waals surface area contributed by atoms with E-state index in [4.69, 9.17) is 0 Å². The van der Waals surface area contributed by atoms with Crippen LogP contribution in [0.2, 0.25) is 0 Å². The molecule has 1 aliphatic rings. The third kappa shape index (κ3) is 3.74. The van der Waals surface area contributed by atoms with Crippen molar-refractivity contribution >= 4 is 15.9 Å². The molecule has 3 rings (SSSR count). The standard InChI is InChI=1S/C17H22BrN3/c1-13(11-14-5-7-15(18)8-6-14)20-16-3-2-4-17(16)21-10-9-19-12-21/h5-10,12-13,16-17,20H,2-4,11H2,1H3. The normalized spacial score (nSPS) is 23.3. The maximum absolute atomic E-state index is 4.19. The molecule has 0 amide bonds. The van der Waals surface area contributed by atoms with Crippen LogP contribution < -0.4 is 5.32 Å². The zero-order valence-corrected chi connectivity index (χ0v) is 14.0. The van der Waals surface area contributed by atoms with E-state index in [-0.39, 0.29) is 0 Å². The van der Waals surface area contributed by atoms with Crippen molar-refractivity contribution < 1.29 is 0 Å². The molecule has 0 spiro atoms. The van der Waals surface area contributed by atoms with Gasteiger partial charge in [-0.2, -0.15) is 0 Å². The van der Waals surface area contributed by atoms with Gasteiger partial charge in [-0.15, -0.1) is 0 Å². The van der Waals surface area contributed by atoms with Crippen molar-refractivity contribution in [2.45, 2.75) is 50.7 Å². The summed E-state index contributed by atoms with van der Waals surface area (Å²) in [6, 6.07) is 10.2. The highest BCUT2D eigenvalue weighted by atomic mass is 79.9. The van der Waals surface area contributed by atoms with Crippen LogP contribution in [0.3, 0.4) is 0 Å². The van der Waals surface area contributed by atoms with Crippen molar-refractivity contribution in [2.75, 3.05) is 0 Å². The molecular weight excluding hydrogens is 326 g/mol. The topological polar surface area (TPSA) is 29.9 Å². The van der Waals surface area contributed by atoms with Crippen LogP contribution in [0.4, 0.5) is 0 Å². The van der Waals surface area contributed by atoms with Crippen molar-refractivity contribution in [3.8, 4) is 0 Å². The summed E-state index contributed by atoms with van der Waals surface area (Å²) in [5.74, 6) is 0. The average Bonchev–Trinajstić information content (AvgIpc) is 3.11. The first-order chi connectivity index (χ1) is 10.2. The third-order valence-electron chi connectivity index (χ3n) is 4.34. The Labute approximate surface area is 134 Å². The Balaban J connectivity index is 1.59. The molecule has 4 heteroatoms. The van der Waals surface area contributed by atoms with Gasteiger partial charge in [0.2, 0.25) is 0 Å². The van der Waals surface area contributed by atoms with Gasteiger partial charge >= 0.3 is 0 Å². The van der Waals surface area contributed by atoms with E-state index in [1.54, 1.807) is 0 Å². The monoisotopic (exact) mass is 347 g/mol. The average molecular weight is 348 g/mol. The highest BCUT2D eigenvalue weighted by molar-refractivity contribution is 9.10. The molecule has 0 bridgehead atoms. The van der Waals surface area contributed by atoms with Crippen LogP contribution in [-0.4, -0.2) is 21.6 Å². The number of hydrogen-bond acceptors (Lipinski definition) is 2. The van der Waals surface area contributed by atoms with Crippen LogP contribution in [0, 0.1) is 0 Å². The highest BCUT2D eigenvalue weighted by Crippen LogP contribution is 2.30. The summed E-state index contributed by atoms with van der Waals surface area (Å²) in [7, 11) is 0. The molecule has 1 heterocycles. The lowest BCUT2D eigenvalue weighted by Crippen LogP contribution is -2.40. The molecule has 1 aromatic carbocycles. The molecular formula is C17H22BrN3. The SMILES string of the molecule is CC(Cc1ccc(Br)cc1)NC1CCCC1n1ccnc1. The number of halogens is 1. The van der Waals surface area contributed by atoms with Crippen LogP contribution in [-0.2, 0) is 6.42 Å². The van der Waals surface area contributed by atoms with E-state index in [1.807, 2.05) is 12.5 Å². The maximum atomic E-state index is 4.19. The molecule has 3 atom stereocenters. The van der Waals surface area contributed by atoms with Crippen molar-refractivity contribution in [3.63, 3.8) is 0 Å². The van der Waals surface area contributed by atoms with Crippen LogP contribution in [0.15, 0.2) is 47.5 Å². The van der Waals surface area contributed by atoms with E-state index in [1.165, 1.54) is 24.8 Å². The van der Waals surface area contributed by atoms with Gasteiger partial charge in [0, 0.05) is 35.0 Å². The summed E-state index contributed by atoms with van der Waals surface area (Å²) in [6.07, 6.45) is 10.8. The first-order valence-corrected chi connectivity index (χ1v) is 8.49. The molecule has 1 saturated carbocycles. The lowest BCUT2D eigenvalue weighted by Gasteiger charge is -2.26. The van der Waals surface area contributed by atoms with Crippen LogP contribution >= 0.6 is 15.9 Å². The molecule has 3 nitrogen and oxygen atoms in total. The largest absolute Gasteiger partial charge is 0.333 e. The number of nitrogens with one attached hydrogen (secondary N) is 1. The summed E-state index contributed by atoms with van der Waals surface area (Å²) in [4.78, 5) is 4.19. The van der Waals surface area contributed by atoms with Gasteiger partial charge in [0.15, 0.2) is 0 Å².